The zero-order valence-electron chi connectivity index (χ0n) is 12.0. The molecule has 0 amide bonds. The Morgan fingerprint density at radius 1 is 1.42 bits per heavy atom. The third-order valence-corrected chi connectivity index (χ3v) is 3.50. The second kappa shape index (κ2) is 6.66. The van der Waals surface area contributed by atoms with Crippen molar-refractivity contribution in [3.05, 3.63) is 35.6 Å². The lowest BCUT2D eigenvalue weighted by Crippen LogP contribution is -2.53. The summed E-state index contributed by atoms with van der Waals surface area (Å²) in [4.78, 5) is 12.2. The average molecular weight is 267 g/mol. The Kier molecular flexibility index (Phi) is 5.48. The maximum atomic E-state index is 14.1. The Hall–Kier alpha value is -1.42. The van der Waals surface area contributed by atoms with Gasteiger partial charge in [0.1, 0.15) is 11.4 Å². The van der Waals surface area contributed by atoms with Gasteiger partial charge in [-0.2, -0.15) is 0 Å². The van der Waals surface area contributed by atoms with Crippen LogP contribution in [0.4, 0.5) is 4.39 Å². The number of halogens is 1. The Morgan fingerprint density at radius 3 is 2.53 bits per heavy atom. The van der Waals surface area contributed by atoms with Crippen LogP contribution in [0.1, 0.15) is 39.2 Å². The number of hydrogen-bond donors (Lipinski definition) is 1. The fraction of sp³-hybridized carbons (Fsp3) is 0.533. The van der Waals surface area contributed by atoms with Gasteiger partial charge in [-0.3, -0.25) is 5.32 Å². The normalized spacial score (nSPS) is 15.6. The topological polar surface area (TPSA) is 38.3 Å². The molecular formula is C15H22FNO2. The molecular weight excluding hydrogens is 245 g/mol. The summed E-state index contributed by atoms with van der Waals surface area (Å²) in [6.45, 7) is 5.82. The first-order valence-electron chi connectivity index (χ1n) is 6.62. The van der Waals surface area contributed by atoms with Crippen LogP contribution in [0.15, 0.2) is 24.3 Å². The van der Waals surface area contributed by atoms with Crippen molar-refractivity contribution < 1.29 is 13.9 Å². The van der Waals surface area contributed by atoms with Crippen molar-refractivity contribution in [2.24, 2.45) is 0 Å². The van der Waals surface area contributed by atoms with Gasteiger partial charge >= 0.3 is 5.97 Å². The summed E-state index contributed by atoms with van der Waals surface area (Å²) in [7, 11) is 1.33. The van der Waals surface area contributed by atoms with Crippen LogP contribution in [0.2, 0.25) is 0 Å². The van der Waals surface area contributed by atoms with Gasteiger partial charge in [0.2, 0.25) is 0 Å². The van der Waals surface area contributed by atoms with Crippen LogP contribution < -0.4 is 5.32 Å². The minimum atomic E-state index is -1.13. The molecule has 1 N–H and O–H groups in total. The lowest BCUT2D eigenvalue weighted by Gasteiger charge is -2.34. The molecule has 2 atom stereocenters. The molecule has 106 valence electrons. The summed E-state index contributed by atoms with van der Waals surface area (Å²) in [6, 6.07) is 6.41. The van der Waals surface area contributed by atoms with Crippen LogP contribution in [0.3, 0.4) is 0 Å². The minimum absolute atomic E-state index is 0.0821. The quantitative estimate of drug-likeness (QED) is 0.805. The SMILES string of the molecule is CCC(C)NC(CC)(C(=O)OC)c1ccccc1F. The summed E-state index contributed by atoms with van der Waals surface area (Å²) in [5.41, 5.74) is -0.792. The number of carbonyl (C=O) groups is 1. The predicted molar refractivity (Wildman–Crippen MR) is 73.3 cm³/mol. The van der Waals surface area contributed by atoms with E-state index in [1.54, 1.807) is 18.2 Å². The zero-order chi connectivity index (χ0) is 14.5. The third-order valence-electron chi connectivity index (χ3n) is 3.50. The van der Waals surface area contributed by atoms with Crippen LogP contribution in [-0.2, 0) is 15.1 Å². The summed E-state index contributed by atoms with van der Waals surface area (Å²) < 4.78 is 19.0. The second-order valence-electron chi connectivity index (χ2n) is 4.68. The summed E-state index contributed by atoms with van der Waals surface area (Å²) in [5, 5.41) is 3.22. The van der Waals surface area contributed by atoms with Crippen LogP contribution >= 0.6 is 0 Å². The van der Waals surface area contributed by atoms with E-state index in [0.29, 0.717) is 12.0 Å². The van der Waals surface area contributed by atoms with Crippen LogP contribution in [-0.4, -0.2) is 19.1 Å². The molecule has 0 heterocycles. The van der Waals surface area contributed by atoms with E-state index in [0.717, 1.165) is 6.42 Å². The monoisotopic (exact) mass is 267 g/mol. The van der Waals surface area contributed by atoms with E-state index < -0.39 is 17.3 Å². The van der Waals surface area contributed by atoms with E-state index in [9.17, 15) is 9.18 Å². The maximum Gasteiger partial charge on any atom is 0.330 e. The molecule has 0 aliphatic rings. The van der Waals surface area contributed by atoms with Gasteiger partial charge in [-0.25, -0.2) is 9.18 Å². The molecule has 0 aliphatic heterocycles. The van der Waals surface area contributed by atoms with Gasteiger partial charge in [-0.1, -0.05) is 32.0 Å². The van der Waals surface area contributed by atoms with Crippen molar-refractivity contribution in [1.29, 1.82) is 0 Å². The Labute approximate surface area is 114 Å². The van der Waals surface area contributed by atoms with Gasteiger partial charge < -0.3 is 4.74 Å². The van der Waals surface area contributed by atoms with Crippen molar-refractivity contribution in [2.45, 2.75) is 45.2 Å². The van der Waals surface area contributed by atoms with Gasteiger partial charge in [-0.05, 0) is 25.8 Å². The number of benzene rings is 1. The molecule has 0 fully saturated rings. The highest BCUT2D eigenvalue weighted by atomic mass is 19.1. The number of carbonyl (C=O) groups excluding carboxylic acids is 1. The first-order chi connectivity index (χ1) is 9.01. The molecule has 0 aliphatic carbocycles. The van der Waals surface area contributed by atoms with E-state index in [2.05, 4.69) is 5.32 Å². The number of hydrogen-bond acceptors (Lipinski definition) is 3. The van der Waals surface area contributed by atoms with Gasteiger partial charge in [0.25, 0.3) is 0 Å². The van der Waals surface area contributed by atoms with Crippen molar-refractivity contribution in [2.75, 3.05) is 7.11 Å². The fourth-order valence-electron chi connectivity index (χ4n) is 2.19. The molecule has 1 aromatic rings. The molecule has 4 heteroatoms. The lowest BCUT2D eigenvalue weighted by molar-refractivity contribution is -0.150. The van der Waals surface area contributed by atoms with Crippen LogP contribution in [0, 0.1) is 5.82 Å². The molecule has 3 nitrogen and oxygen atoms in total. The van der Waals surface area contributed by atoms with Gasteiger partial charge in [0.15, 0.2) is 0 Å². The first kappa shape index (κ1) is 15.6. The second-order valence-corrected chi connectivity index (χ2v) is 4.68. The lowest BCUT2D eigenvalue weighted by atomic mass is 9.85. The molecule has 0 spiro atoms. The summed E-state index contributed by atoms with van der Waals surface area (Å²) >= 11 is 0. The smallest absolute Gasteiger partial charge is 0.330 e. The number of ether oxygens (including phenoxy) is 1. The number of esters is 1. The van der Waals surface area contributed by atoms with Crippen molar-refractivity contribution in [1.82, 2.24) is 5.32 Å². The van der Waals surface area contributed by atoms with Crippen molar-refractivity contribution in [3.63, 3.8) is 0 Å². The zero-order valence-corrected chi connectivity index (χ0v) is 12.0. The van der Waals surface area contributed by atoms with E-state index in [1.165, 1.54) is 13.2 Å². The molecule has 1 aromatic carbocycles. The predicted octanol–water partition coefficient (Wildman–Crippen LogP) is 2.99. The fourth-order valence-corrected chi connectivity index (χ4v) is 2.19. The van der Waals surface area contributed by atoms with Gasteiger partial charge in [-0.15, -0.1) is 0 Å². The molecule has 0 saturated carbocycles. The number of methoxy groups -OCH3 is 1. The first-order valence-corrected chi connectivity index (χ1v) is 6.62. The van der Waals surface area contributed by atoms with E-state index in [-0.39, 0.29) is 6.04 Å². The molecule has 2 unspecified atom stereocenters. The number of rotatable bonds is 6. The largest absolute Gasteiger partial charge is 0.467 e. The van der Waals surface area contributed by atoms with E-state index in [4.69, 9.17) is 4.74 Å². The molecule has 0 saturated heterocycles. The highest BCUT2D eigenvalue weighted by Gasteiger charge is 2.42. The standard InChI is InChI=1S/C15H22FNO2/c1-5-11(3)17-15(6-2,14(18)19-4)12-9-7-8-10-13(12)16/h7-11,17H,5-6H2,1-4H3. The number of nitrogens with one attached hydrogen (secondary N) is 1. The maximum absolute atomic E-state index is 14.1. The van der Waals surface area contributed by atoms with Gasteiger partial charge in [0, 0.05) is 11.6 Å². The molecule has 1 rings (SSSR count). The molecule has 0 bridgehead atoms. The Morgan fingerprint density at radius 2 is 2.05 bits per heavy atom. The average Bonchev–Trinajstić information content (AvgIpc) is 2.44. The highest BCUT2D eigenvalue weighted by Crippen LogP contribution is 2.29. The summed E-state index contributed by atoms with van der Waals surface area (Å²) in [5.74, 6) is -0.856. The molecule has 0 radical (unpaired) electrons. The molecule has 0 aromatic heterocycles. The van der Waals surface area contributed by atoms with E-state index in [1.807, 2.05) is 20.8 Å². The van der Waals surface area contributed by atoms with E-state index >= 15 is 0 Å². The van der Waals surface area contributed by atoms with Crippen LogP contribution in [0.5, 0.6) is 0 Å². The third kappa shape index (κ3) is 3.13. The Balaban J connectivity index is 3.32. The van der Waals surface area contributed by atoms with Crippen molar-refractivity contribution >= 4 is 5.97 Å². The molecule has 19 heavy (non-hydrogen) atoms. The minimum Gasteiger partial charge on any atom is -0.467 e. The Bertz CT molecular complexity index is 436. The van der Waals surface area contributed by atoms with Crippen LogP contribution in [0.25, 0.3) is 0 Å². The van der Waals surface area contributed by atoms with Crippen molar-refractivity contribution in [3.8, 4) is 0 Å². The highest BCUT2D eigenvalue weighted by molar-refractivity contribution is 5.82. The summed E-state index contributed by atoms with van der Waals surface area (Å²) in [6.07, 6.45) is 1.26. The van der Waals surface area contributed by atoms with Gasteiger partial charge in [0.05, 0.1) is 7.11 Å².